The van der Waals surface area contributed by atoms with Crippen LogP contribution in [0.5, 0.6) is 0 Å². The Kier molecular flexibility index (Phi) is 5.83. The second-order valence-corrected chi connectivity index (χ2v) is 4.92. The van der Waals surface area contributed by atoms with Crippen LogP contribution in [0.3, 0.4) is 0 Å². The molecule has 0 spiro atoms. The van der Waals surface area contributed by atoms with Crippen molar-refractivity contribution >= 4 is 6.09 Å². The van der Waals surface area contributed by atoms with Crippen LogP contribution in [0.2, 0.25) is 0 Å². The van der Waals surface area contributed by atoms with Crippen LogP contribution in [0.1, 0.15) is 38.0 Å². The SMILES string of the molecule is CO[C@@H](c1ccccc1C)[C@H](C)OC(=O)NC(C)C. The number of methoxy groups -OCH3 is 1. The van der Waals surface area contributed by atoms with Crippen LogP contribution >= 0.6 is 0 Å². The van der Waals surface area contributed by atoms with Crippen LogP contribution in [0.15, 0.2) is 24.3 Å². The highest BCUT2D eigenvalue weighted by molar-refractivity contribution is 5.67. The maximum atomic E-state index is 11.6. The van der Waals surface area contributed by atoms with Gasteiger partial charge in [-0.15, -0.1) is 0 Å². The number of benzene rings is 1. The molecule has 0 aliphatic rings. The first-order chi connectivity index (χ1) is 8.95. The zero-order valence-corrected chi connectivity index (χ0v) is 12.3. The van der Waals surface area contributed by atoms with E-state index in [-0.39, 0.29) is 18.2 Å². The summed E-state index contributed by atoms with van der Waals surface area (Å²) in [7, 11) is 1.62. The molecule has 1 N–H and O–H groups in total. The van der Waals surface area contributed by atoms with Gasteiger partial charge in [-0.2, -0.15) is 0 Å². The third-order valence-corrected chi connectivity index (χ3v) is 2.87. The monoisotopic (exact) mass is 265 g/mol. The van der Waals surface area contributed by atoms with Gasteiger partial charge in [0.2, 0.25) is 0 Å². The zero-order chi connectivity index (χ0) is 14.4. The van der Waals surface area contributed by atoms with Crippen molar-refractivity contribution in [3.8, 4) is 0 Å². The molecular formula is C15H23NO3. The molecule has 0 aliphatic carbocycles. The zero-order valence-electron chi connectivity index (χ0n) is 12.3. The number of ether oxygens (including phenoxy) is 2. The first-order valence-electron chi connectivity index (χ1n) is 6.51. The Bertz CT molecular complexity index is 418. The lowest BCUT2D eigenvalue weighted by molar-refractivity contribution is -0.0156. The summed E-state index contributed by atoms with van der Waals surface area (Å²) >= 11 is 0. The Morgan fingerprint density at radius 1 is 1.21 bits per heavy atom. The highest BCUT2D eigenvalue weighted by Gasteiger charge is 2.23. The predicted molar refractivity (Wildman–Crippen MR) is 75.1 cm³/mol. The minimum atomic E-state index is -0.418. The lowest BCUT2D eigenvalue weighted by Gasteiger charge is -2.25. The molecule has 4 heteroatoms. The van der Waals surface area contributed by atoms with Crippen LogP contribution in [0, 0.1) is 6.92 Å². The molecule has 4 nitrogen and oxygen atoms in total. The number of aryl methyl sites for hydroxylation is 1. The van der Waals surface area contributed by atoms with Gasteiger partial charge >= 0.3 is 6.09 Å². The summed E-state index contributed by atoms with van der Waals surface area (Å²) in [6, 6.07) is 7.99. The van der Waals surface area contributed by atoms with Crippen molar-refractivity contribution in [2.45, 2.75) is 45.9 Å². The minimum Gasteiger partial charge on any atom is -0.443 e. The molecule has 2 atom stereocenters. The lowest BCUT2D eigenvalue weighted by atomic mass is 10.00. The van der Waals surface area contributed by atoms with Crippen molar-refractivity contribution in [2.75, 3.05) is 7.11 Å². The molecule has 0 saturated heterocycles. The Morgan fingerprint density at radius 3 is 2.37 bits per heavy atom. The first kappa shape index (κ1) is 15.5. The van der Waals surface area contributed by atoms with Gasteiger partial charge in [0, 0.05) is 13.2 Å². The molecule has 0 radical (unpaired) electrons. The fraction of sp³-hybridized carbons (Fsp3) is 0.533. The fourth-order valence-electron chi connectivity index (χ4n) is 1.98. The van der Waals surface area contributed by atoms with Gasteiger partial charge in [-0.05, 0) is 38.8 Å². The van der Waals surface area contributed by atoms with E-state index in [0.29, 0.717) is 0 Å². The van der Waals surface area contributed by atoms with E-state index in [9.17, 15) is 4.79 Å². The Labute approximate surface area is 115 Å². The second-order valence-electron chi connectivity index (χ2n) is 4.92. The quantitative estimate of drug-likeness (QED) is 0.889. The molecule has 0 bridgehead atoms. The van der Waals surface area contributed by atoms with Crippen molar-refractivity contribution in [2.24, 2.45) is 0 Å². The minimum absolute atomic E-state index is 0.0548. The molecule has 0 fully saturated rings. The molecule has 19 heavy (non-hydrogen) atoms. The van der Waals surface area contributed by atoms with E-state index < -0.39 is 6.09 Å². The van der Waals surface area contributed by atoms with Crippen LogP contribution in [0.4, 0.5) is 4.79 Å². The Morgan fingerprint density at radius 2 is 1.84 bits per heavy atom. The summed E-state index contributed by atoms with van der Waals surface area (Å²) in [6.45, 7) is 7.63. The molecule has 1 rings (SSSR count). The number of alkyl carbamates (subject to hydrolysis) is 1. The summed E-state index contributed by atoms with van der Waals surface area (Å²) < 4.78 is 10.8. The van der Waals surface area contributed by atoms with E-state index in [4.69, 9.17) is 9.47 Å². The largest absolute Gasteiger partial charge is 0.443 e. The number of amides is 1. The van der Waals surface area contributed by atoms with Gasteiger partial charge in [0.25, 0.3) is 0 Å². The standard InChI is InChI=1S/C15H23NO3/c1-10(2)16-15(17)19-12(4)14(18-5)13-9-7-6-8-11(13)3/h6-10,12,14H,1-5H3,(H,16,17)/t12-,14+/m0/s1. The van der Waals surface area contributed by atoms with Gasteiger partial charge in [0.15, 0.2) is 0 Å². The molecular weight excluding hydrogens is 242 g/mol. The van der Waals surface area contributed by atoms with Crippen LogP contribution in [-0.4, -0.2) is 25.3 Å². The Balaban J connectivity index is 2.75. The van der Waals surface area contributed by atoms with E-state index in [1.165, 1.54) is 0 Å². The van der Waals surface area contributed by atoms with Crippen molar-refractivity contribution in [1.82, 2.24) is 5.32 Å². The van der Waals surface area contributed by atoms with E-state index in [1.807, 2.05) is 52.0 Å². The maximum absolute atomic E-state index is 11.6. The van der Waals surface area contributed by atoms with Crippen LogP contribution < -0.4 is 5.32 Å². The second kappa shape index (κ2) is 7.14. The summed E-state index contributed by atoms with van der Waals surface area (Å²) in [6.07, 6.45) is -1.04. The maximum Gasteiger partial charge on any atom is 0.407 e. The highest BCUT2D eigenvalue weighted by Crippen LogP contribution is 2.25. The molecule has 1 amide bonds. The average molecular weight is 265 g/mol. The highest BCUT2D eigenvalue weighted by atomic mass is 16.6. The molecule has 0 saturated carbocycles. The summed E-state index contributed by atoms with van der Waals surface area (Å²) in [5, 5.41) is 2.70. The van der Waals surface area contributed by atoms with Crippen LogP contribution in [-0.2, 0) is 9.47 Å². The van der Waals surface area contributed by atoms with E-state index >= 15 is 0 Å². The third-order valence-electron chi connectivity index (χ3n) is 2.87. The van der Waals surface area contributed by atoms with Gasteiger partial charge < -0.3 is 14.8 Å². The van der Waals surface area contributed by atoms with Gasteiger partial charge in [0.1, 0.15) is 12.2 Å². The molecule has 0 unspecified atom stereocenters. The fourth-order valence-corrected chi connectivity index (χ4v) is 1.98. The van der Waals surface area contributed by atoms with Crippen molar-refractivity contribution in [3.05, 3.63) is 35.4 Å². The van der Waals surface area contributed by atoms with Crippen molar-refractivity contribution in [3.63, 3.8) is 0 Å². The number of rotatable bonds is 5. The number of nitrogens with one attached hydrogen (secondary N) is 1. The predicted octanol–water partition coefficient (Wildman–Crippen LogP) is 3.21. The molecule has 1 aromatic rings. The first-order valence-corrected chi connectivity index (χ1v) is 6.51. The van der Waals surface area contributed by atoms with Gasteiger partial charge in [0.05, 0.1) is 0 Å². The van der Waals surface area contributed by atoms with Gasteiger partial charge in [-0.25, -0.2) is 4.79 Å². The van der Waals surface area contributed by atoms with E-state index in [0.717, 1.165) is 11.1 Å². The molecule has 1 aromatic carbocycles. The summed E-state index contributed by atoms with van der Waals surface area (Å²) in [5.41, 5.74) is 2.16. The number of carbonyl (C=O) groups is 1. The van der Waals surface area contributed by atoms with Gasteiger partial charge in [-0.3, -0.25) is 0 Å². The lowest BCUT2D eigenvalue weighted by Crippen LogP contribution is -2.35. The molecule has 0 aliphatic heterocycles. The molecule has 0 heterocycles. The normalized spacial score (nSPS) is 14.0. The summed E-state index contributed by atoms with van der Waals surface area (Å²) in [4.78, 5) is 11.6. The van der Waals surface area contributed by atoms with E-state index in [1.54, 1.807) is 7.11 Å². The van der Waals surface area contributed by atoms with Crippen LogP contribution in [0.25, 0.3) is 0 Å². The van der Waals surface area contributed by atoms with Crippen molar-refractivity contribution in [1.29, 1.82) is 0 Å². The molecule has 0 aromatic heterocycles. The Hall–Kier alpha value is -1.55. The topological polar surface area (TPSA) is 47.6 Å². The number of hydrogen-bond donors (Lipinski definition) is 1. The number of carbonyl (C=O) groups excluding carboxylic acids is 1. The molecule has 106 valence electrons. The van der Waals surface area contributed by atoms with Gasteiger partial charge in [-0.1, -0.05) is 24.3 Å². The summed E-state index contributed by atoms with van der Waals surface area (Å²) in [5.74, 6) is 0. The third kappa shape index (κ3) is 4.56. The average Bonchev–Trinajstić information content (AvgIpc) is 2.31. The smallest absolute Gasteiger partial charge is 0.407 e. The van der Waals surface area contributed by atoms with Crippen molar-refractivity contribution < 1.29 is 14.3 Å². The van der Waals surface area contributed by atoms with E-state index in [2.05, 4.69) is 5.32 Å². The number of hydrogen-bond acceptors (Lipinski definition) is 3.